The van der Waals surface area contributed by atoms with E-state index < -0.39 is 0 Å². The summed E-state index contributed by atoms with van der Waals surface area (Å²) in [6, 6.07) is 6.53. The molecule has 0 bridgehead atoms. The molecule has 152 valence electrons. The summed E-state index contributed by atoms with van der Waals surface area (Å²) in [5, 5.41) is 4.04. The highest BCUT2D eigenvalue weighted by molar-refractivity contribution is 7.17. The Balaban J connectivity index is 1.64. The van der Waals surface area contributed by atoms with Crippen LogP contribution in [0.1, 0.15) is 86.0 Å². The lowest BCUT2D eigenvalue weighted by Gasteiger charge is -2.19. The number of benzene rings is 1. The molecule has 1 aromatic heterocycles. The molecule has 3 rings (SSSR count). The van der Waals surface area contributed by atoms with E-state index in [4.69, 9.17) is 0 Å². The first-order chi connectivity index (χ1) is 13.6. The van der Waals surface area contributed by atoms with Gasteiger partial charge in [0.2, 0.25) is 0 Å². The number of carbonyl (C=O) groups excluding carboxylic acids is 1. The van der Waals surface area contributed by atoms with Gasteiger partial charge in [0, 0.05) is 11.6 Å². The molecule has 0 saturated heterocycles. The van der Waals surface area contributed by atoms with Crippen molar-refractivity contribution in [1.82, 2.24) is 10.3 Å². The first-order valence-electron chi connectivity index (χ1n) is 10.7. The maximum absolute atomic E-state index is 13.2. The molecule has 0 atom stereocenters. The molecule has 3 nitrogen and oxygen atoms in total. The van der Waals surface area contributed by atoms with Gasteiger partial charge in [0.05, 0.1) is 5.69 Å². The minimum atomic E-state index is -0.266. The van der Waals surface area contributed by atoms with Crippen LogP contribution in [0.25, 0.3) is 10.6 Å². The highest BCUT2D eigenvalue weighted by Gasteiger charge is 2.19. The third-order valence-electron chi connectivity index (χ3n) is 5.53. The molecule has 0 aliphatic heterocycles. The highest BCUT2D eigenvalue weighted by atomic mass is 32.1. The summed E-state index contributed by atoms with van der Waals surface area (Å²) in [5.74, 6) is -0.280. The van der Waals surface area contributed by atoms with Crippen molar-refractivity contribution in [3.8, 4) is 10.6 Å². The molecule has 0 unspecified atom stereocenters. The van der Waals surface area contributed by atoms with Gasteiger partial charge in [-0.3, -0.25) is 4.79 Å². The SMILES string of the molecule is Cc1nc(-c2ccc(F)cc2)sc1C(=O)NC1CCCCCCCCCCC1. The van der Waals surface area contributed by atoms with E-state index in [0.717, 1.165) is 29.1 Å². The normalized spacial score (nSPS) is 17.5. The molecule has 1 N–H and O–H groups in total. The van der Waals surface area contributed by atoms with Crippen LogP contribution in [0.4, 0.5) is 4.39 Å². The molecule has 2 aromatic rings. The van der Waals surface area contributed by atoms with Gasteiger partial charge in [-0.15, -0.1) is 11.3 Å². The van der Waals surface area contributed by atoms with Crippen LogP contribution in [0.3, 0.4) is 0 Å². The fraction of sp³-hybridized carbons (Fsp3) is 0.565. The summed E-state index contributed by atoms with van der Waals surface area (Å²) < 4.78 is 13.2. The number of halogens is 1. The lowest BCUT2D eigenvalue weighted by Crippen LogP contribution is -2.34. The molecule has 1 aliphatic rings. The lowest BCUT2D eigenvalue weighted by atomic mass is 9.98. The minimum Gasteiger partial charge on any atom is -0.349 e. The van der Waals surface area contributed by atoms with Gasteiger partial charge in [-0.1, -0.05) is 57.8 Å². The van der Waals surface area contributed by atoms with Crippen molar-refractivity contribution in [3.63, 3.8) is 0 Å². The molecule has 1 amide bonds. The third-order valence-corrected chi connectivity index (χ3v) is 6.74. The molecular weight excluding hydrogens is 371 g/mol. The van der Waals surface area contributed by atoms with E-state index in [-0.39, 0.29) is 17.8 Å². The Morgan fingerprint density at radius 1 is 0.964 bits per heavy atom. The van der Waals surface area contributed by atoms with Crippen molar-refractivity contribution in [2.24, 2.45) is 0 Å². The number of nitrogens with one attached hydrogen (secondary N) is 1. The van der Waals surface area contributed by atoms with E-state index in [1.807, 2.05) is 6.92 Å². The number of carbonyl (C=O) groups is 1. The van der Waals surface area contributed by atoms with Crippen LogP contribution in [0, 0.1) is 12.7 Å². The van der Waals surface area contributed by atoms with E-state index in [9.17, 15) is 9.18 Å². The zero-order chi connectivity index (χ0) is 19.8. The van der Waals surface area contributed by atoms with Crippen LogP contribution in [-0.2, 0) is 0 Å². The molecule has 5 heteroatoms. The monoisotopic (exact) mass is 402 g/mol. The molecular formula is C23H31FN2OS. The molecule has 1 fully saturated rings. The third kappa shape index (κ3) is 6.13. The summed E-state index contributed by atoms with van der Waals surface area (Å²) in [7, 11) is 0. The number of thiazole rings is 1. The Hall–Kier alpha value is -1.75. The van der Waals surface area contributed by atoms with Crippen molar-refractivity contribution >= 4 is 17.2 Å². The van der Waals surface area contributed by atoms with Gasteiger partial charge in [0.25, 0.3) is 5.91 Å². The summed E-state index contributed by atoms with van der Waals surface area (Å²) >= 11 is 1.39. The second-order valence-corrected chi connectivity index (χ2v) is 8.87. The quantitative estimate of drug-likeness (QED) is 0.623. The Labute approximate surface area is 171 Å². The second kappa shape index (κ2) is 10.7. The number of aromatic nitrogens is 1. The summed E-state index contributed by atoms with van der Waals surface area (Å²) in [5.41, 5.74) is 1.59. The van der Waals surface area contributed by atoms with Gasteiger partial charge in [-0.25, -0.2) is 9.37 Å². The van der Waals surface area contributed by atoms with E-state index in [1.54, 1.807) is 12.1 Å². The van der Waals surface area contributed by atoms with Crippen LogP contribution in [-0.4, -0.2) is 16.9 Å². The smallest absolute Gasteiger partial charge is 0.263 e. The Kier molecular flexibility index (Phi) is 8.01. The van der Waals surface area contributed by atoms with Gasteiger partial charge < -0.3 is 5.32 Å². The number of aryl methyl sites for hydroxylation is 1. The van der Waals surface area contributed by atoms with Crippen LogP contribution in [0.5, 0.6) is 0 Å². The van der Waals surface area contributed by atoms with Gasteiger partial charge in [0.15, 0.2) is 0 Å². The van der Waals surface area contributed by atoms with Crippen molar-refractivity contribution < 1.29 is 9.18 Å². The molecule has 1 saturated carbocycles. The molecule has 0 spiro atoms. The number of hydrogen-bond donors (Lipinski definition) is 1. The van der Waals surface area contributed by atoms with E-state index in [0.29, 0.717) is 4.88 Å². The summed E-state index contributed by atoms with van der Waals surface area (Å²) in [6.07, 6.45) is 13.7. The van der Waals surface area contributed by atoms with E-state index >= 15 is 0 Å². The first-order valence-corrected chi connectivity index (χ1v) is 11.5. The predicted octanol–water partition coefficient (Wildman–Crippen LogP) is 6.66. The molecule has 1 aliphatic carbocycles. The number of nitrogens with zero attached hydrogens (tertiary/aromatic N) is 1. The van der Waals surface area contributed by atoms with Gasteiger partial charge in [0.1, 0.15) is 15.7 Å². The number of rotatable bonds is 3. The molecule has 1 aromatic carbocycles. The summed E-state index contributed by atoms with van der Waals surface area (Å²) in [4.78, 5) is 18.1. The van der Waals surface area contributed by atoms with Gasteiger partial charge in [-0.05, 0) is 44.0 Å². The maximum Gasteiger partial charge on any atom is 0.263 e. The van der Waals surface area contributed by atoms with Crippen LogP contribution in [0.2, 0.25) is 0 Å². The highest BCUT2D eigenvalue weighted by Crippen LogP contribution is 2.28. The first kappa shape index (κ1) is 21.0. The topological polar surface area (TPSA) is 42.0 Å². The predicted molar refractivity (Wildman–Crippen MR) is 114 cm³/mol. The average molecular weight is 403 g/mol. The van der Waals surface area contributed by atoms with Crippen molar-refractivity contribution in [2.75, 3.05) is 0 Å². The fourth-order valence-corrected chi connectivity index (χ4v) is 4.86. The lowest BCUT2D eigenvalue weighted by molar-refractivity contribution is 0.0934. The van der Waals surface area contributed by atoms with Gasteiger partial charge >= 0.3 is 0 Å². The van der Waals surface area contributed by atoms with Crippen LogP contribution >= 0.6 is 11.3 Å². The number of amides is 1. The molecule has 1 heterocycles. The zero-order valence-electron chi connectivity index (χ0n) is 16.8. The van der Waals surface area contributed by atoms with Crippen molar-refractivity contribution in [1.29, 1.82) is 0 Å². The fourth-order valence-electron chi connectivity index (χ4n) is 3.88. The van der Waals surface area contributed by atoms with Gasteiger partial charge in [-0.2, -0.15) is 0 Å². The summed E-state index contributed by atoms with van der Waals surface area (Å²) in [6.45, 7) is 1.87. The van der Waals surface area contributed by atoms with Crippen molar-refractivity contribution in [3.05, 3.63) is 40.7 Å². The maximum atomic E-state index is 13.2. The van der Waals surface area contributed by atoms with E-state index in [1.165, 1.54) is 81.3 Å². The second-order valence-electron chi connectivity index (χ2n) is 7.87. The Morgan fingerprint density at radius 2 is 1.50 bits per heavy atom. The van der Waals surface area contributed by atoms with Crippen LogP contribution < -0.4 is 5.32 Å². The van der Waals surface area contributed by atoms with E-state index in [2.05, 4.69) is 10.3 Å². The van der Waals surface area contributed by atoms with Crippen LogP contribution in [0.15, 0.2) is 24.3 Å². The Morgan fingerprint density at radius 3 is 2.07 bits per heavy atom. The largest absolute Gasteiger partial charge is 0.349 e. The average Bonchev–Trinajstić information content (AvgIpc) is 3.06. The Bertz CT molecular complexity index is 744. The molecule has 28 heavy (non-hydrogen) atoms. The zero-order valence-corrected chi connectivity index (χ0v) is 17.6. The molecule has 0 radical (unpaired) electrons. The minimum absolute atomic E-state index is 0.0135. The van der Waals surface area contributed by atoms with Crippen molar-refractivity contribution in [2.45, 2.75) is 83.6 Å². The number of hydrogen-bond acceptors (Lipinski definition) is 3. The standard InChI is InChI=1S/C23H31FN2OS/c1-17-21(28-23(25-17)18-13-15-19(24)16-14-18)22(27)26-20-11-9-7-5-3-2-4-6-8-10-12-20/h13-16,20H,2-12H2,1H3,(H,26,27).